The van der Waals surface area contributed by atoms with Crippen molar-refractivity contribution >= 4 is 29.9 Å². The van der Waals surface area contributed by atoms with E-state index in [-0.39, 0.29) is 56.1 Å². The molecule has 2 rings (SSSR count). The van der Waals surface area contributed by atoms with Crippen LogP contribution >= 0.6 is 24.0 Å². The van der Waals surface area contributed by atoms with E-state index in [0.29, 0.717) is 43.4 Å². The third kappa shape index (κ3) is 8.37. The molecule has 6 nitrogen and oxygen atoms in total. The van der Waals surface area contributed by atoms with E-state index in [1.54, 1.807) is 6.07 Å². The topological polar surface area (TPSA) is 75.1 Å². The van der Waals surface area contributed by atoms with E-state index in [2.05, 4.69) is 15.6 Å². The second kappa shape index (κ2) is 13.1. The number of nitrogens with one attached hydrogen (secondary N) is 2. The molecule has 1 aliphatic rings. The van der Waals surface area contributed by atoms with Crippen LogP contribution in [0.15, 0.2) is 23.2 Å². The van der Waals surface area contributed by atoms with Crippen molar-refractivity contribution in [2.45, 2.75) is 51.4 Å². The van der Waals surface area contributed by atoms with E-state index in [1.165, 1.54) is 7.11 Å². The van der Waals surface area contributed by atoms with Crippen molar-refractivity contribution in [1.29, 1.82) is 0 Å². The smallest absolute Gasteiger partial charge is 0.391 e. The molecule has 0 radical (unpaired) electrons. The van der Waals surface area contributed by atoms with Crippen molar-refractivity contribution in [3.8, 4) is 11.5 Å². The highest BCUT2D eigenvalue weighted by molar-refractivity contribution is 14.0. The fraction of sp³-hybridized carbons (Fsp3) is 0.650. The average molecular weight is 545 g/mol. The summed E-state index contributed by atoms with van der Waals surface area (Å²) in [6, 6.07) is 5.42. The second-order valence-corrected chi connectivity index (χ2v) is 6.99. The third-order valence-corrected chi connectivity index (χ3v) is 4.87. The molecule has 0 aromatic heterocycles. The predicted octanol–water partition coefficient (Wildman–Crippen LogP) is 3.86. The number of benzene rings is 1. The number of methoxy groups -OCH3 is 1. The van der Waals surface area contributed by atoms with Crippen LogP contribution in [0.3, 0.4) is 0 Å². The SMILES string of the molecule is CCNC(=NCc1ccc(OCCO)c(OC)c1)NC1CCC(C(F)(F)F)CC1.I. The summed E-state index contributed by atoms with van der Waals surface area (Å²) in [5.41, 5.74) is 0.899. The molecule has 0 heterocycles. The van der Waals surface area contributed by atoms with Gasteiger partial charge in [0.2, 0.25) is 0 Å². The van der Waals surface area contributed by atoms with Gasteiger partial charge >= 0.3 is 6.18 Å². The van der Waals surface area contributed by atoms with Gasteiger partial charge in [0.15, 0.2) is 17.5 Å². The first-order valence-electron chi connectivity index (χ1n) is 9.89. The molecule has 1 aromatic carbocycles. The number of aliphatic imine (C=N–C) groups is 1. The molecule has 1 aromatic rings. The number of hydrogen-bond donors (Lipinski definition) is 3. The van der Waals surface area contributed by atoms with Gasteiger partial charge in [0.1, 0.15) is 6.61 Å². The standard InChI is InChI=1S/C20H30F3N3O3.HI/c1-3-24-19(26-16-7-5-15(6-8-16)20(21,22)23)25-13-14-4-9-17(29-11-10-27)18(12-14)28-2;/h4,9,12,15-16,27H,3,5-8,10-11,13H2,1-2H3,(H2,24,25,26);1H. The number of nitrogens with zero attached hydrogens (tertiary/aromatic N) is 1. The van der Waals surface area contributed by atoms with Crippen molar-refractivity contribution < 1.29 is 27.8 Å². The van der Waals surface area contributed by atoms with Crippen LogP contribution in [0.25, 0.3) is 0 Å². The lowest BCUT2D eigenvalue weighted by molar-refractivity contribution is -0.182. The number of aliphatic hydroxyl groups is 1. The van der Waals surface area contributed by atoms with Crippen LogP contribution in [0, 0.1) is 5.92 Å². The highest BCUT2D eigenvalue weighted by Crippen LogP contribution is 2.37. The van der Waals surface area contributed by atoms with Gasteiger partial charge < -0.3 is 25.2 Å². The zero-order valence-corrected chi connectivity index (χ0v) is 19.6. The highest BCUT2D eigenvalue weighted by Gasteiger charge is 2.41. The molecule has 172 valence electrons. The second-order valence-electron chi connectivity index (χ2n) is 6.99. The fourth-order valence-electron chi connectivity index (χ4n) is 3.33. The minimum Gasteiger partial charge on any atom is -0.493 e. The monoisotopic (exact) mass is 545 g/mol. The Morgan fingerprint density at radius 2 is 1.90 bits per heavy atom. The van der Waals surface area contributed by atoms with Crippen LogP contribution in [0.4, 0.5) is 13.2 Å². The summed E-state index contributed by atoms with van der Waals surface area (Å²) in [4.78, 5) is 4.55. The average Bonchev–Trinajstić information content (AvgIpc) is 2.70. The maximum Gasteiger partial charge on any atom is 0.391 e. The number of guanidine groups is 1. The van der Waals surface area contributed by atoms with Gasteiger partial charge in [0.05, 0.1) is 26.2 Å². The summed E-state index contributed by atoms with van der Waals surface area (Å²) in [6.07, 6.45) is -2.87. The first kappa shape index (κ1) is 26.6. The normalized spacial score (nSPS) is 19.6. The summed E-state index contributed by atoms with van der Waals surface area (Å²) in [7, 11) is 1.54. The van der Waals surface area contributed by atoms with Crippen LogP contribution in [0.1, 0.15) is 38.2 Å². The number of alkyl halides is 3. The number of hydrogen-bond acceptors (Lipinski definition) is 4. The Hall–Kier alpha value is -1.43. The van der Waals surface area contributed by atoms with Gasteiger partial charge in [-0.1, -0.05) is 6.07 Å². The third-order valence-electron chi connectivity index (χ3n) is 4.87. The quantitative estimate of drug-likeness (QED) is 0.263. The summed E-state index contributed by atoms with van der Waals surface area (Å²) in [5, 5.41) is 15.3. The van der Waals surface area contributed by atoms with E-state index in [1.807, 2.05) is 19.1 Å². The molecule has 0 aliphatic heterocycles. The molecule has 1 fully saturated rings. The van der Waals surface area contributed by atoms with Crippen molar-refractivity contribution in [3.63, 3.8) is 0 Å². The molecule has 0 unspecified atom stereocenters. The van der Waals surface area contributed by atoms with Gasteiger partial charge in [-0.25, -0.2) is 4.99 Å². The molecule has 0 bridgehead atoms. The van der Waals surface area contributed by atoms with Gasteiger partial charge in [-0.15, -0.1) is 24.0 Å². The van der Waals surface area contributed by atoms with Gasteiger partial charge in [-0.3, -0.25) is 0 Å². The predicted molar refractivity (Wildman–Crippen MR) is 121 cm³/mol. The molecule has 3 N–H and O–H groups in total. The van der Waals surface area contributed by atoms with E-state index < -0.39 is 12.1 Å². The van der Waals surface area contributed by atoms with Crippen LogP contribution in [-0.2, 0) is 6.54 Å². The largest absolute Gasteiger partial charge is 0.493 e. The molecular formula is C20H31F3IN3O3. The fourth-order valence-corrected chi connectivity index (χ4v) is 3.33. The Morgan fingerprint density at radius 1 is 1.20 bits per heavy atom. The van der Waals surface area contributed by atoms with Crippen LogP contribution in [-0.4, -0.2) is 50.2 Å². The van der Waals surface area contributed by atoms with E-state index in [4.69, 9.17) is 14.6 Å². The van der Waals surface area contributed by atoms with Crippen LogP contribution < -0.4 is 20.1 Å². The van der Waals surface area contributed by atoms with Crippen LogP contribution in [0.2, 0.25) is 0 Å². The Balaban J connectivity index is 0.00000450. The molecular weight excluding hydrogens is 514 g/mol. The molecule has 10 heteroatoms. The maximum atomic E-state index is 12.8. The minimum atomic E-state index is -4.10. The summed E-state index contributed by atoms with van der Waals surface area (Å²) in [6.45, 7) is 3.07. The van der Waals surface area contributed by atoms with Gasteiger partial charge in [0.25, 0.3) is 0 Å². The summed E-state index contributed by atoms with van der Waals surface area (Å²) < 4.78 is 49.2. The van der Waals surface area contributed by atoms with Crippen molar-refractivity contribution in [3.05, 3.63) is 23.8 Å². The Kier molecular flexibility index (Phi) is 11.6. The van der Waals surface area contributed by atoms with Crippen molar-refractivity contribution in [2.24, 2.45) is 10.9 Å². The number of halogens is 4. The van der Waals surface area contributed by atoms with Gasteiger partial charge in [-0.05, 0) is 50.3 Å². The zero-order chi connectivity index (χ0) is 21.3. The molecule has 1 aliphatic carbocycles. The summed E-state index contributed by atoms with van der Waals surface area (Å²) in [5.74, 6) is 0.483. The highest BCUT2D eigenvalue weighted by atomic mass is 127. The molecule has 0 spiro atoms. The Labute approximate surface area is 192 Å². The minimum absolute atomic E-state index is 0. The Morgan fingerprint density at radius 3 is 2.47 bits per heavy atom. The zero-order valence-electron chi connectivity index (χ0n) is 17.3. The molecule has 0 saturated heterocycles. The van der Waals surface area contributed by atoms with Gasteiger partial charge in [0, 0.05) is 12.6 Å². The van der Waals surface area contributed by atoms with Crippen LogP contribution in [0.5, 0.6) is 11.5 Å². The first-order valence-corrected chi connectivity index (χ1v) is 9.89. The van der Waals surface area contributed by atoms with E-state index in [9.17, 15) is 13.2 Å². The van der Waals surface area contributed by atoms with Crippen molar-refractivity contribution in [1.82, 2.24) is 10.6 Å². The lowest BCUT2D eigenvalue weighted by Crippen LogP contribution is -2.45. The molecule has 1 saturated carbocycles. The van der Waals surface area contributed by atoms with Gasteiger partial charge in [-0.2, -0.15) is 13.2 Å². The first-order chi connectivity index (χ1) is 13.9. The number of aliphatic hydroxyl groups excluding tert-OH is 1. The number of ether oxygens (including phenoxy) is 2. The lowest BCUT2D eigenvalue weighted by atomic mass is 9.85. The molecule has 0 amide bonds. The molecule has 30 heavy (non-hydrogen) atoms. The van der Waals surface area contributed by atoms with E-state index >= 15 is 0 Å². The maximum absolute atomic E-state index is 12.8. The van der Waals surface area contributed by atoms with Crippen molar-refractivity contribution in [2.75, 3.05) is 26.9 Å². The Bertz CT molecular complexity index is 666. The summed E-state index contributed by atoms with van der Waals surface area (Å²) >= 11 is 0. The number of rotatable bonds is 8. The lowest BCUT2D eigenvalue weighted by Gasteiger charge is -2.31. The van der Waals surface area contributed by atoms with E-state index in [0.717, 1.165) is 5.56 Å². The molecule has 0 atom stereocenters.